The Morgan fingerprint density at radius 2 is 0.417 bits per heavy atom. The Balaban J connectivity index is 3.60. The Labute approximate surface area is 92.5 Å². The van der Waals surface area contributed by atoms with E-state index in [0.717, 1.165) is 0 Å². The summed E-state index contributed by atoms with van der Waals surface area (Å²) in [7, 11) is 7.82. The van der Waals surface area contributed by atoms with E-state index >= 15 is 0 Å². The second kappa shape index (κ2) is 3.72. The quantitative estimate of drug-likeness (QED) is 0.406. The summed E-state index contributed by atoms with van der Waals surface area (Å²) in [6.07, 6.45) is 0. The van der Waals surface area contributed by atoms with Gasteiger partial charge in [0.1, 0.15) is 0 Å². The van der Waals surface area contributed by atoms with Crippen molar-refractivity contribution in [2.75, 3.05) is 0 Å². The van der Waals surface area contributed by atoms with Crippen LogP contribution in [-0.2, 0) is 0 Å². The van der Waals surface area contributed by atoms with Gasteiger partial charge in [0, 0.05) is 61.5 Å². The van der Waals surface area contributed by atoms with Crippen molar-refractivity contribution in [3.05, 3.63) is 0 Å². The number of hydrogen-bond donors (Lipinski definition) is 0. The largest absolute Gasteiger partial charge is 0.0745 e. The standard InChI is InChI=1S/C6H18Si6/c7-1-2(8)4(10)6(12)5(11)3(1)9/h7-12H3. The molecule has 1 rings (SSSR count). The van der Waals surface area contributed by atoms with Gasteiger partial charge in [-0.1, -0.05) is 31.1 Å². The molecule has 0 nitrogen and oxygen atoms in total. The molecule has 0 bridgehead atoms. The van der Waals surface area contributed by atoms with Crippen LogP contribution in [0.2, 0.25) is 0 Å². The molecule has 0 N–H and O–H groups in total. The van der Waals surface area contributed by atoms with Crippen LogP contribution < -0.4 is 31.1 Å². The van der Waals surface area contributed by atoms with Gasteiger partial charge in [-0.2, -0.15) is 0 Å². The van der Waals surface area contributed by atoms with Crippen molar-refractivity contribution in [2.45, 2.75) is 0 Å². The third-order valence-corrected chi connectivity index (χ3v) is 18.4. The molecule has 0 aliphatic carbocycles. The molecule has 0 saturated carbocycles. The summed E-state index contributed by atoms with van der Waals surface area (Å²) < 4.78 is 0. The smallest absolute Gasteiger partial charge is 0.0380 e. The monoisotopic (exact) mass is 258 g/mol. The fourth-order valence-corrected chi connectivity index (χ4v) is 9.19. The third kappa shape index (κ3) is 1.59. The van der Waals surface area contributed by atoms with E-state index in [2.05, 4.69) is 0 Å². The molecule has 0 radical (unpaired) electrons. The molecule has 1 aromatic rings. The highest BCUT2D eigenvalue weighted by atomic mass is 28.2. The predicted octanol–water partition coefficient (Wildman–Crippen LogP) is -10.4. The van der Waals surface area contributed by atoms with Gasteiger partial charge in [-0.05, 0) is 0 Å². The van der Waals surface area contributed by atoms with Crippen molar-refractivity contribution >= 4 is 92.6 Å². The van der Waals surface area contributed by atoms with E-state index < -0.39 is 0 Å². The second-order valence-corrected chi connectivity index (χ2v) is 9.75. The lowest BCUT2D eigenvalue weighted by molar-refractivity contribution is 2.13. The highest BCUT2D eigenvalue weighted by Crippen LogP contribution is 1.60. The first kappa shape index (κ1) is 10.6. The maximum Gasteiger partial charge on any atom is 0.0380 e. The Morgan fingerprint density at radius 3 is 0.500 bits per heavy atom. The molecule has 0 aliphatic heterocycles. The Hall–Kier alpha value is 0.521. The fourth-order valence-electron chi connectivity index (χ4n) is 1.69. The summed E-state index contributed by atoms with van der Waals surface area (Å²) >= 11 is 0. The van der Waals surface area contributed by atoms with Crippen molar-refractivity contribution in [1.82, 2.24) is 0 Å². The molecule has 0 atom stereocenters. The highest BCUT2D eigenvalue weighted by molar-refractivity contribution is 6.72. The van der Waals surface area contributed by atoms with Crippen molar-refractivity contribution in [3.63, 3.8) is 0 Å². The zero-order valence-corrected chi connectivity index (χ0v) is 21.0. The maximum atomic E-state index is 1.81. The van der Waals surface area contributed by atoms with Gasteiger partial charge in [0.25, 0.3) is 0 Å². The van der Waals surface area contributed by atoms with Crippen molar-refractivity contribution < 1.29 is 0 Å². The van der Waals surface area contributed by atoms with Crippen LogP contribution in [0.1, 0.15) is 0 Å². The molecule has 6 heteroatoms. The molecule has 0 saturated heterocycles. The summed E-state index contributed by atoms with van der Waals surface area (Å²) in [5, 5.41) is 10.8. The van der Waals surface area contributed by atoms with Gasteiger partial charge in [0.15, 0.2) is 0 Å². The maximum absolute atomic E-state index is 1.81. The molecule has 0 heterocycles. The van der Waals surface area contributed by atoms with Crippen LogP contribution in [0.25, 0.3) is 0 Å². The van der Waals surface area contributed by atoms with Crippen LogP contribution in [0.3, 0.4) is 0 Å². The van der Waals surface area contributed by atoms with Crippen LogP contribution in [0, 0.1) is 0 Å². The topological polar surface area (TPSA) is 0 Å². The Bertz CT molecular complexity index is 226. The summed E-state index contributed by atoms with van der Waals surface area (Å²) in [5.41, 5.74) is 0. The van der Waals surface area contributed by atoms with E-state index in [0.29, 0.717) is 0 Å². The Kier molecular flexibility index (Phi) is 3.28. The van der Waals surface area contributed by atoms with Crippen LogP contribution in [-0.4, -0.2) is 61.5 Å². The first-order valence-electron chi connectivity index (χ1n) is 4.50. The van der Waals surface area contributed by atoms with E-state index in [1.54, 1.807) is 0 Å². The third-order valence-electron chi connectivity index (χ3n) is 3.38. The second-order valence-electron chi connectivity index (χ2n) is 3.75. The van der Waals surface area contributed by atoms with Crippen LogP contribution >= 0.6 is 0 Å². The number of rotatable bonds is 0. The minimum absolute atomic E-state index is 1.30. The average Bonchev–Trinajstić information content (AvgIpc) is 2.08. The molecule has 0 fully saturated rings. The van der Waals surface area contributed by atoms with Crippen molar-refractivity contribution in [3.8, 4) is 0 Å². The molecular weight excluding hydrogens is 241 g/mol. The van der Waals surface area contributed by atoms with E-state index in [1.165, 1.54) is 61.5 Å². The SMILES string of the molecule is [SiH3]c1c([SiH3])c([SiH3])c([SiH3])c([SiH3])c1[SiH3]. The average molecular weight is 259 g/mol. The molecule has 0 aromatic heterocycles. The van der Waals surface area contributed by atoms with E-state index in [4.69, 9.17) is 0 Å². The first-order valence-corrected chi connectivity index (χ1v) is 10.5. The van der Waals surface area contributed by atoms with Gasteiger partial charge in [-0.25, -0.2) is 0 Å². The number of benzene rings is 1. The predicted molar refractivity (Wildman–Crippen MR) is 83.9 cm³/mol. The van der Waals surface area contributed by atoms with Gasteiger partial charge in [-0.3, -0.25) is 0 Å². The lowest BCUT2D eigenvalue weighted by atomic mass is 10.3. The summed E-state index contributed by atoms with van der Waals surface area (Å²) in [6.45, 7) is 0. The van der Waals surface area contributed by atoms with Gasteiger partial charge in [-0.15, -0.1) is 0 Å². The number of hydrogen-bond acceptors (Lipinski definition) is 0. The van der Waals surface area contributed by atoms with Gasteiger partial charge < -0.3 is 0 Å². The summed E-state index contributed by atoms with van der Waals surface area (Å²) in [5.74, 6) is 0. The zero-order chi connectivity index (χ0) is 9.46. The molecule has 0 spiro atoms. The zero-order valence-electron chi connectivity index (χ0n) is 9.00. The van der Waals surface area contributed by atoms with E-state index in [1.807, 2.05) is 31.1 Å². The molecular formula is C6H18Si6. The lowest BCUT2D eigenvalue weighted by Crippen LogP contribution is -2.62. The normalized spacial score (nSPS) is 12.0. The lowest BCUT2D eigenvalue weighted by Gasteiger charge is -2.16. The van der Waals surface area contributed by atoms with Crippen molar-refractivity contribution in [2.24, 2.45) is 0 Å². The molecule has 66 valence electrons. The van der Waals surface area contributed by atoms with Gasteiger partial charge in [0.2, 0.25) is 0 Å². The van der Waals surface area contributed by atoms with Crippen LogP contribution in [0.4, 0.5) is 0 Å². The minimum Gasteiger partial charge on any atom is -0.0745 e. The highest BCUT2D eigenvalue weighted by Gasteiger charge is 2.06. The fraction of sp³-hybridized carbons (Fsp3) is 0. The molecule has 0 unspecified atom stereocenters. The van der Waals surface area contributed by atoms with Crippen LogP contribution in [0.5, 0.6) is 0 Å². The minimum atomic E-state index is 1.30. The summed E-state index contributed by atoms with van der Waals surface area (Å²) in [4.78, 5) is 0. The van der Waals surface area contributed by atoms with Gasteiger partial charge in [0.05, 0.1) is 0 Å². The first-order chi connectivity index (χ1) is 5.46. The van der Waals surface area contributed by atoms with E-state index in [-0.39, 0.29) is 0 Å². The van der Waals surface area contributed by atoms with Gasteiger partial charge >= 0.3 is 0 Å². The van der Waals surface area contributed by atoms with Crippen LogP contribution in [0.15, 0.2) is 0 Å². The Morgan fingerprint density at radius 1 is 0.333 bits per heavy atom. The summed E-state index contributed by atoms with van der Waals surface area (Å²) in [6, 6.07) is 0. The molecule has 1 aromatic carbocycles. The molecule has 12 heavy (non-hydrogen) atoms. The van der Waals surface area contributed by atoms with E-state index in [9.17, 15) is 0 Å². The molecule has 0 aliphatic rings. The molecule has 0 amide bonds. The van der Waals surface area contributed by atoms with Crippen molar-refractivity contribution in [1.29, 1.82) is 0 Å².